The molecule has 0 fully saturated rings. The summed E-state index contributed by atoms with van der Waals surface area (Å²) in [4.78, 5) is 11.0. The molecule has 0 aliphatic heterocycles. The Kier molecular flexibility index (Phi) is 4.86. The average molecular weight is 213 g/mol. The van der Waals surface area contributed by atoms with Crippen molar-refractivity contribution in [2.24, 2.45) is 0 Å². The van der Waals surface area contributed by atoms with E-state index in [1.165, 1.54) is 7.11 Å². The van der Waals surface area contributed by atoms with E-state index in [0.717, 1.165) is 0 Å². The molecule has 1 heterocycles. The number of carbonyl (C=O) groups is 1. The first-order valence-electron chi connectivity index (χ1n) is 4.76. The first-order chi connectivity index (χ1) is 7.27. The first kappa shape index (κ1) is 11.7. The summed E-state index contributed by atoms with van der Waals surface area (Å²) in [5.74, 6) is 0.404. The van der Waals surface area contributed by atoms with E-state index in [0.29, 0.717) is 25.3 Å². The Labute approximate surface area is 88.0 Å². The zero-order chi connectivity index (χ0) is 11.1. The number of rotatable bonds is 6. The lowest BCUT2D eigenvalue weighted by Crippen LogP contribution is -2.15. The van der Waals surface area contributed by atoms with E-state index >= 15 is 0 Å². The molecule has 5 nitrogen and oxygen atoms in total. The van der Waals surface area contributed by atoms with Crippen LogP contribution in [0.1, 0.15) is 22.7 Å². The highest BCUT2D eigenvalue weighted by Crippen LogP contribution is 2.08. The zero-order valence-corrected chi connectivity index (χ0v) is 8.66. The molecule has 0 unspecified atom stereocenters. The van der Waals surface area contributed by atoms with Crippen LogP contribution >= 0.6 is 0 Å². The Morgan fingerprint density at radius 1 is 1.60 bits per heavy atom. The van der Waals surface area contributed by atoms with Crippen molar-refractivity contribution < 1.29 is 19.1 Å². The van der Waals surface area contributed by atoms with Gasteiger partial charge in [-0.1, -0.05) is 0 Å². The highest BCUT2D eigenvalue weighted by atomic mass is 16.5. The van der Waals surface area contributed by atoms with Crippen LogP contribution in [0.4, 0.5) is 0 Å². The maximum absolute atomic E-state index is 11.0. The summed E-state index contributed by atoms with van der Waals surface area (Å²) in [5.41, 5.74) is 0. The summed E-state index contributed by atoms with van der Waals surface area (Å²) in [6.45, 7) is 1.42. The summed E-state index contributed by atoms with van der Waals surface area (Å²) in [5, 5.41) is 11.6. The number of ether oxygens (including phenoxy) is 1. The Balaban J connectivity index is 2.36. The minimum atomic E-state index is -0.475. The van der Waals surface area contributed by atoms with Gasteiger partial charge in [-0.15, -0.1) is 0 Å². The van der Waals surface area contributed by atoms with Gasteiger partial charge in [0.2, 0.25) is 5.76 Å². The molecule has 1 rings (SSSR count). The highest BCUT2D eigenvalue weighted by molar-refractivity contribution is 5.86. The van der Waals surface area contributed by atoms with Crippen LogP contribution in [0.2, 0.25) is 0 Å². The Morgan fingerprint density at radius 3 is 3.07 bits per heavy atom. The minimum Gasteiger partial charge on any atom is -0.463 e. The average Bonchev–Trinajstić information content (AvgIpc) is 2.72. The number of aliphatic hydroxyl groups is 1. The lowest BCUT2D eigenvalue weighted by atomic mass is 10.4. The molecule has 0 saturated carbocycles. The van der Waals surface area contributed by atoms with Crippen LogP contribution in [-0.4, -0.2) is 31.3 Å². The summed E-state index contributed by atoms with van der Waals surface area (Å²) < 4.78 is 9.72. The second kappa shape index (κ2) is 6.21. The van der Waals surface area contributed by atoms with Crippen molar-refractivity contribution in [3.05, 3.63) is 23.7 Å². The fourth-order valence-electron chi connectivity index (χ4n) is 1.10. The van der Waals surface area contributed by atoms with E-state index in [1.807, 2.05) is 0 Å². The standard InChI is InChI=1S/C10H15NO4/c1-14-10(13)9-4-3-8(15-9)7-11-5-2-6-12/h3-4,11-12H,2,5-7H2,1H3. The number of nitrogens with one attached hydrogen (secondary N) is 1. The second-order valence-electron chi connectivity index (χ2n) is 3.01. The molecule has 0 aromatic carbocycles. The van der Waals surface area contributed by atoms with Crippen LogP contribution in [0, 0.1) is 0 Å². The summed E-state index contributed by atoms with van der Waals surface area (Å²) in [7, 11) is 1.31. The van der Waals surface area contributed by atoms with Crippen molar-refractivity contribution in [3.63, 3.8) is 0 Å². The van der Waals surface area contributed by atoms with E-state index in [4.69, 9.17) is 9.52 Å². The molecule has 0 aliphatic rings. The summed E-state index contributed by atoms with van der Waals surface area (Å²) in [6.07, 6.45) is 0.699. The van der Waals surface area contributed by atoms with Gasteiger partial charge in [-0.3, -0.25) is 0 Å². The number of methoxy groups -OCH3 is 1. The largest absolute Gasteiger partial charge is 0.463 e. The van der Waals surface area contributed by atoms with E-state index in [-0.39, 0.29) is 12.4 Å². The third-order valence-electron chi connectivity index (χ3n) is 1.86. The molecule has 5 heteroatoms. The van der Waals surface area contributed by atoms with Crippen LogP contribution in [-0.2, 0) is 11.3 Å². The topological polar surface area (TPSA) is 71.7 Å². The molecule has 0 radical (unpaired) electrons. The molecule has 0 saturated heterocycles. The van der Waals surface area contributed by atoms with Gasteiger partial charge < -0.3 is 19.6 Å². The minimum absolute atomic E-state index is 0.165. The quantitative estimate of drug-likeness (QED) is 0.533. The highest BCUT2D eigenvalue weighted by Gasteiger charge is 2.10. The molecular weight excluding hydrogens is 198 g/mol. The predicted octanol–water partition coefficient (Wildman–Crippen LogP) is 0.538. The Hall–Kier alpha value is -1.33. The number of furan rings is 1. The van der Waals surface area contributed by atoms with Crippen molar-refractivity contribution in [1.29, 1.82) is 0 Å². The molecule has 2 N–H and O–H groups in total. The van der Waals surface area contributed by atoms with Gasteiger partial charge in [0.05, 0.1) is 13.7 Å². The third kappa shape index (κ3) is 3.73. The number of carbonyl (C=O) groups excluding carboxylic acids is 1. The first-order valence-corrected chi connectivity index (χ1v) is 4.76. The third-order valence-corrected chi connectivity index (χ3v) is 1.86. The Morgan fingerprint density at radius 2 is 2.40 bits per heavy atom. The normalized spacial score (nSPS) is 10.3. The van der Waals surface area contributed by atoms with Gasteiger partial charge in [0.1, 0.15) is 5.76 Å². The lowest BCUT2D eigenvalue weighted by molar-refractivity contribution is 0.0563. The molecule has 0 aliphatic carbocycles. The van der Waals surface area contributed by atoms with Gasteiger partial charge in [-0.2, -0.15) is 0 Å². The van der Waals surface area contributed by atoms with Gasteiger partial charge in [-0.25, -0.2) is 4.79 Å². The van der Waals surface area contributed by atoms with Crippen molar-refractivity contribution in [3.8, 4) is 0 Å². The smallest absolute Gasteiger partial charge is 0.373 e. The van der Waals surface area contributed by atoms with E-state index in [1.54, 1.807) is 12.1 Å². The van der Waals surface area contributed by atoms with Crippen LogP contribution in [0.3, 0.4) is 0 Å². The number of esters is 1. The second-order valence-corrected chi connectivity index (χ2v) is 3.01. The van der Waals surface area contributed by atoms with Gasteiger partial charge in [0, 0.05) is 6.61 Å². The van der Waals surface area contributed by atoms with Crippen LogP contribution in [0.5, 0.6) is 0 Å². The monoisotopic (exact) mass is 213 g/mol. The molecule has 1 aromatic rings. The van der Waals surface area contributed by atoms with Crippen molar-refractivity contribution in [1.82, 2.24) is 5.32 Å². The number of hydrogen-bond acceptors (Lipinski definition) is 5. The molecule has 0 spiro atoms. The molecule has 15 heavy (non-hydrogen) atoms. The number of hydrogen-bond donors (Lipinski definition) is 2. The SMILES string of the molecule is COC(=O)c1ccc(CNCCCO)o1. The molecular formula is C10H15NO4. The van der Waals surface area contributed by atoms with E-state index < -0.39 is 5.97 Å². The summed E-state index contributed by atoms with van der Waals surface area (Å²) >= 11 is 0. The molecule has 84 valence electrons. The fraction of sp³-hybridized carbons (Fsp3) is 0.500. The number of aliphatic hydroxyl groups excluding tert-OH is 1. The van der Waals surface area contributed by atoms with E-state index in [2.05, 4.69) is 10.1 Å². The van der Waals surface area contributed by atoms with Gasteiger partial charge >= 0.3 is 5.97 Å². The van der Waals surface area contributed by atoms with Crippen LogP contribution < -0.4 is 5.32 Å². The van der Waals surface area contributed by atoms with Crippen molar-refractivity contribution in [2.75, 3.05) is 20.3 Å². The summed E-state index contributed by atoms with van der Waals surface area (Å²) in [6, 6.07) is 3.30. The molecule has 0 amide bonds. The fourth-order valence-corrected chi connectivity index (χ4v) is 1.10. The van der Waals surface area contributed by atoms with Gasteiger partial charge in [-0.05, 0) is 25.1 Å². The van der Waals surface area contributed by atoms with Crippen molar-refractivity contribution in [2.45, 2.75) is 13.0 Å². The van der Waals surface area contributed by atoms with Gasteiger partial charge in [0.25, 0.3) is 0 Å². The van der Waals surface area contributed by atoms with Crippen molar-refractivity contribution >= 4 is 5.97 Å². The van der Waals surface area contributed by atoms with E-state index in [9.17, 15) is 4.79 Å². The zero-order valence-electron chi connectivity index (χ0n) is 8.66. The predicted molar refractivity (Wildman–Crippen MR) is 53.5 cm³/mol. The maximum atomic E-state index is 11.0. The van der Waals surface area contributed by atoms with Gasteiger partial charge in [0.15, 0.2) is 0 Å². The maximum Gasteiger partial charge on any atom is 0.373 e. The molecule has 1 aromatic heterocycles. The Bertz CT molecular complexity index is 308. The molecule has 0 bridgehead atoms. The molecule has 0 atom stereocenters. The van der Waals surface area contributed by atoms with Crippen LogP contribution in [0.15, 0.2) is 16.5 Å². The lowest BCUT2D eigenvalue weighted by Gasteiger charge is -1.99. The van der Waals surface area contributed by atoms with Crippen LogP contribution in [0.25, 0.3) is 0 Å².